The number of carbonyl (C=O) groups excluding carboxylic acids is 1. The van der Waals surface area contributed by atoms with Gasteiger partial charge in [-0.1, -0.05) is 20.8 Å². The molecule has 0 spiro atoms. The quantitative estimate of drug-likeness (QED) is 0.695. The van der Waals surface area contributed by atoms with Gasteiger partial charge in [-0.3, -0.25) is 4.79 Å². The first-order valence-corrected chi connectivity index (χ1v) is 4.80. The molecule has 0 N–H and O–H groups in total. The number of aryl methyl sites for hydroxylation is 1. The summed E-state index contributed by atoms with van der Waals surface area (Å²) in [6.45, 7) is 5.99. The Bertz CT molecular complexity index is 262. The van der Waals surface area contributed by atoms with E-state index in [2.05, 4.69) is 4.98 Å². The van der Waals surface area contributed by atoms with E-state index >= 15 is 0 Å². The number of pyridine rings is 1. The van der Waals surface area contributed by atoms with Crippen molar-refractivity contribution in [3.8, 4) is 5.88 Å². The van der Waals surface area contributed by atoms with Crippen LogP contribution in [0.15, 0.2) is 12.3 Å². The minimum Gasteiger partial charge on any atom is -0.480 e. The van der Waals surface area contributed by atoms with E-state index in [9.17, 15) is 4.79 Å². The number of aromatic nitrogens is 1. The smallest absolute Gasteiger partial charge is 0.224 e. The van der Waals surface area contributed by atoms with Gasteiger partial charge in [0.25, 0.3) is 0 Å². The van der Waals surface area contributed by atoms with Crippen LogP contribution in [0.25, 0.3) is 0 Å². The average molecular weight is 195 g/mol. The third-order valence-corrected chi connectivity index (χ3v) is 1.74. The molecule has 0 aromatic carbocycles. The van der Waals surface area contributed by atoms with Gasteiger partial charge in [0.15, 0.2) is 6.29 Å². The zero-order chi connectivity index (χ0) is 11.0. The first kappa shape index (κ1) is 12.6. The molecule has 3 heteroatoms. The standard InChI is InChI=1S/C9H11NO2.C2H6/c1-3-7-4-5-10-9(12-2)8(7)6-11;1-2/h4-6H,3H2,1-2H3;1-2H3. The second-order valence-corrected chi connectivity index (χ2v) is 2.36. The van der Waals surface area contributed by atoms with E-state index in [1.807, 2.05) is 26.8 Å². The Morgan fingerprint density at radius 1 is 1.50 bits per heavy atom. The Morgan fingerprint density at radius 2 is 2.14 bits per heavy atom. The molecule has 0 fully saturated rings. The predicted molar refractivity (Wildman–Crippen MR) is 56.9 cm³/mol. The molecule has 1 aromatic heterocycles. The summed E-state index contributed by atoms with van der Waals surface area (Å²) in [7, 11) is 1.51. The van der Waals surface area contributed by atoms with E-state index < -0.39 is 0 Å². The zero-order valence-electron chi connectivity index (χ0n) is 9.20. The molecular formula is C11H17NO2. The van der Waals surface area contributed by atoms with Crippen LogP contribution in [0.5, 0.6) is 5.88 Å². The number of ether oxygens (including phenoxy) is 1. The molecule has 14 heavy (non-hydrogen) atoms. The first-order valence-electron chi connectivity index (χ1n) is 4.80. The second kappa shape index (κ2) is 7.06. The van der Waals surface area contributed by atoms with Crippen molar-refractivity contribution in [2.75, 3.05) is 7.11 Å². The molecule has 0 unspecified atom stereocenters. The van der Waals surface area contributed by atoms with Crippen LogP contribution < -0.4 is 4.74 Å². The van der Waals surface area contributed by atoms with Crippen molar-refractivity contribution < 1.29 is 9.53 Å². The maximum absolute atomic E-state index is 10.6. The number of rotatable bonds is 3. The van der Waals surface area contributed by atoms with Gasteiger partial charge in [-0.05, 0) is 18.1 Å². The highest BCUT2D eigenvalue weighted by Gasteiger charge is 2.06. The normalized spacial score (nSPS) is 8.57. The number of aldehydes is 1. The molecular weight excluding hydrogens is 178 g/mol. The molecule has 0 radical (unpaired) electrons. The van der Waals surface area contributed by atoms with Gasteiger partial charge in [-0.25, -0.2) is 4.98 Å². The van der Waals surface area contributed by atoms with Crippen LogP contribution in [0.2, 0.25) is 0 Å². The maximum atomic E-state index is 10.6. The highest BCUT2D eigenvalue weighted by molar-refractivity contribution is 5.80. The lowest BCUT2D eigenvalue weighted by atomic mass is 10.1. The minimum atomic E-state index is 0.407. The SMILES string of the molecule is CC.CCc1ccnc(OC)c1C=O. The van der Waals surface area contributed by atoms with Crippen LogP contribution >= 0.6 is 0 Å². The topological polar surface area (TPSA) is 39.2 Å². The van der Waals surface area contributed by atoms with Gasteiger partial charge in [-0.2, -0.15) is 0 Å². The monoisotopic (exact) mass is 195 g/mol. The fourth-order valence-electron chi connectivity index (χ4n) is 1.09. The molecule has 0 atom stereocenters. The summed E-state index contributed by atoms with van der Waals surface area (Å²) in [5.41, 5.74) is 1.53. The number of hydrogen-bond donors (Lipinski definition) is 0. The molecule has 0 amide bonds. The highest BCUT2D eigenvalue weighted by atomic mass is 16.5. The Hall–Kier alpha value is -1.38. The van der Waals surface area contributed by atoms with Crippen molar-refractivity contribution in [2.45, 2.75) is 27.2 Å². The average Bonchev–Trinajstić information content (AvgIpc) is 2.30. The molecule has 1 rings (SSSR count). The van der Waals surface area contributed by atoms with E-state index in [0.29, 0.717) is 11.4 Å². The largest absolute Gasteiger partial charge is 0.480 e. The summed E-state index contributed by atoms with van der Waals surface area (Å²) in [5.74, 6) is 0.407. The van der Waals surface area contributed by atoms with E-state index in [0.717, 1.165) is 18.3 Å². The second-order valence-electron chi connectivity index (χ2n) is 2.36. The third-order valence-electron chi connectivity index (χ3n) is 1.74. The number of carbonyl (C=O) groups is 1. The van der Waals surface area contributed by atoms with Crippen molar-refractivity contribution in [3.05, 3.63) is 23.4 Å². The van der Waals surface area contributed by atoms with Crippen molar-refractivity contribution in [1.82, 2.24) is 4.98 Å². The minimum absolute atomic E-state index is 0.407. The molecule has 3 nitrogen and oxygen atoms in total. The van der Waals surface area contributed by atoms with E-state index in [-0.39, 0.29) is 0 Å². The summed E-state index contributed by atoms with van der Waals surface area (Å²) in [6, 6.07) is 1.83. The fraction of sp³-hybridized carbons (Fsp3) is 0.455. The third kappa shape index (κ3) is 2.83. The number of methoxy groups -OCH3 is 1. The Morgan fingerprint density at radius 3 is 2.57 bits per heavy atom. The molecule has 1 heterocycles. The van der Waals surface area contributed by atoms with Gasteiger partial charge < -0.3 is 4.74 Å². The lowest BCUT2D eigenvalue weighted by Gasteiger charge is -2.05. The van der Waals surface area contributed by atoms with E-state index in [1.54, 1.807) is 6.20 Å². The Labute approximate surface area is 85.1 Å². The molecule has 0 bridgehead atoms. The van der Waals surface area contributed by atoms with Crippen molar-refractivity contribution in [1.29, 1.82) is 0 Å². The summed E-state index contributed by atoms with van der Waals surface area (Å²) in [5, 5.41) is 0. The summed E-state index contributed by atoms with van der Waals surface area (Å²) < 4.78 is 4.94. The number of nitrogens with zero attached hydrogens (tertiary/aromatic N) is 1. The summed E-state index contributed by atoms with van der Waals surface area (Å²) in [6.07, 6.45) is 3.24. The predicted octanol–water partition coefficient (Wildman–Crippen LogP) is 2.49. The van der Waals surface area contributed by atoms with Crippen LogP contribution in [0.3, 0.4) is 0 Å². The Kier molecular flexibility index (Phi) is 6.37. The van der Waals surface area contributed by atoms with Gasteiger partial charge in [0.1, 0.15) is 0 Å². The molecule has 0 aliphatic rings. The molecule has 1 aromatic rings. The molecule has 0 saturated heterocycles. The number of hydrogen-bond acceptors (Lipinski definition) is 3. The first-order chi connectivity index (χ1) is 6.83. The van der Waals surface area contributed by atoms with Crippen molar-refractivity contribution in [3.63, 3.8) is 0 Å². The molecule has 0 aliphatic carbocycles. The van der Waals surface area contributed by atoms with Crippen LogP contribution in [0.4, 0.5) is 0 Å². The van der Waals surface area contributed by atoms with Gasteiger partial charge in [0, 0.05) is 6.20 Å². The van der Waals surface area contributed by atoms with Crippen LogP contribution in [0, 0.1) is 0 Å². The van der Waals surface area contributed by atoms with Crippen molar-refractivity contribution in [2.24, 2.45) is 0 Å². The zero-order valence-corrected chi connectivity index (χ0v) is 9.20. The van der Waals surface area contributed by atoms with Gasteiger partial charge in [-0.15, -0.1) is 0 Å². The lowest BCUT2D eigenvalue weighted by Crippen LogP contribution is -1.98. The molecule has 0 saturated carbocycles. The maximum Gasteiger partial charge on any atom is 0.224 e. The molecule has 78 valence electrons. The lowest BCUT2D eigenvalue weighted by molar-refractivity contribution is 0.111. The van der Waals surface area contributed by atoms with Crippen LogP contribution in [0.1, 0.15) is 36.7 Å². The van der Waals surface area contributed by atoms with Crippen LogP contribution in [-0.2, 0) is 6.42 Å². The van der Waals surface area contributed by atoms with Gasteiger partial charge in [0.2, 0.25) is 5.88 Å². The molecule has 0 aliphatic heterocycles. The summed E-state index contributed by atoms with van der Waals surface area (Å²) >= 11 is 0. The van der Waals surface area contributed by atoms with Gasteiger partial charge >= 0.3 is 0 Å². The Balaban J connectivity index is 0.000000791. The fourth-order valence-corrected chi connectivity index (χ4v) is 1.09. The van der Waals surface area contributed by atoms with Gasteiger partial charge in [0.05, 0.1) is 12.7 Å². The van der Waals surface area contributed by atoms with Crippen LogP contribution in [-0.4, -0.2) is 18.4 Å². The summed E-state index contributed by atoms with van der Waals surface area (Å²) in [4.78, 5) is 14.6. The van der Waals surface area contributed by atoms with E-state index in [1.165, 1.54) is 7.11 Å². The van der Waals surface area contributed by atoms with Crippen molar-refractivity contribution >= 4 is 6.29 Å². The highest BCUT2D eigenvalue weighted by Crippen LogP contribution is 2.16. The van der Waals surface area contributed by atoms with E-state index in [4.69, 9.17) is 4.74 Å².